The van der Waals surface area contributed by atoms with Gasteiger partial charge < -0.3 is 4.90 Å². The molecule has 25 heavy (non-hydrogen) atoms. The zero-order chi connectivity index (χ0) is 17.1. The second-order valence-electron chi connectivity index (χ2n) is 7.19. The topological polar surface area (TPSA) is 20.3 Å². The van der Waals surface area contributed by atoms with E-state index in [1.807, 2.05) is 24.3 Å². The molecule has 1 aliphatic carbocycles. The van der Waals surface area contributed by atoms with Gasteiger partial charge in [0.05, 0.1) is 12.0 Å². The minimum atomic E-state index is -0.0249. The Morgan fingerprint density at radius 3 is 2.16 bits per heavy atom. The van der Waals surface area contributed by atoms with Gasteiger partial charge in [0.25, 0.3) is 0 Å². The normalized spacial score (nSPS) is 24.5. The van der Waals surface area contributed by atoms with Crippen LogP contribution in [0.5, 0.6) is 0 Å². The number of likely N-dealkylation sites (tertiary alicyclic amines) is 1. The van der Waals surface area contributed by atoms with Gasteiger partial charge in [-0.2, -0.15) is 0 Å². The van der Waals surface area contributed by atoms with Crippen molar-refractivity contribution in [2.45, 2.75) is 50.1 Å². The lowest BCUT2D eigenvalue weighted by molar-refractivity contribution is -0.152. The SMILES string of the molecule is O=C1C(c2ccccc2)C(C=Cc2ccccc2)N1C1CCCCC1. The molecule has 1 saturated heterocycles. The summed E-state index contributed by atoms with van der Waals surface area (Å²) in [7, 11) is 0. The predicted molar refractivity (Wildman–Crippen MR) is 102 cm³/mol. The molecule has 1 aliphatic heterocycles. The van der Waals surface area contributed by atoms with Gasteiger partial charge in [0.15, 0.2) is 0 Å². The Kier molecular flexibility index (Phi) is 4.69. The number of carbonyl (C=O) groups excluding carboxylic acids is 1. The molecule has 0 spiro atoms. The van der Waals surface area contributed by atoms with Gasteiger partial charge in [-0.3, -0.25) is 4.79 Å². The van der Waals surface area contributed by atoms with E-state index in [2.05, 4.69) is 53.5 Å². The highest BCUT2D eigenvalue weighted by atomic mass is 16.2. The van der Waals surface area contributed by atoms with Gasteiger partial charge in [-0.1, -0.05) is 92.1 Å². The van der Waals surface area contributed by atoms with E-state index in [4.69, 9.17) is 0 Å². The minimum Gasteiger partial charge on any atom is -0.332 e. The van der Waals surface area contributed by atoms with Crippen LogP contribution in [0.4, 0.5) is 0 Å². The summed E-state index contributed by atoms with van der Waals surface area (Å²) in [5.41, 5.74) is 2.33. The third kappa shape index (κ3) is 3.26. The van der Waals surface area contributed by atoms with E-state index in [0.29, 0.717) is 11.9 Å². The number of rotatable bonds is 4. The van der Waals surface area contributed by atoms with Crippen LogP contribution in [-0.2, 0) is 4.79 Å². The first-order chi connectivity index (χ1) is 12.3. The summed E-state index contributed by atoms with van der Waals surface area (Å²) in [6.07, 6.45) is 10.5. The van der Waals surface area contributed by atoms with Gasteiger partial charge >= 0.3 is 0 Å². The Morgan fingerprint density at radius 1 is 0.840 bits per heavy atom. The van der Waals surface area contributed by atoms with Crippen LogP contribution in [0, 0.1) is 0 Å². The van der Waals surface area contributed by atoms with Gasteiger partial charge in [-0.25, -0.2) is 0 Å². The molecule has 0 bridgehead atoms. The van der Waals surface area contributed by atoms with E-state index in [1.165, 1.54) is 24.8 Å². The molecule has 0 N–H and O–H groups in total. The standard InChI is InChI=1S/C23H25NO/c25-23-22(19-12-6-2-7-13-19)21(17-16-18-10-4-1-5-11-18)24(23)20-14-8-3-9-15-20/h1-2,4-7,10-13,16-17,20-22H,3,8-9,14-15H2. The third-order valence-electron chi connectivity index (χ3n) is 5.60. The van der Waals surface area contributed by atoms with E-state index in [1.54, 1.807) is 0 Å². The minimum absolute atomic E-state index is 0.0249. The maximum absolute atomic E-state index is 13.0. The van der Waals surface area contributed by atoms with E-state index in [-0.39, 0.29) is 12.0 Å². The number of β-lactam (4-membered cyclic amide) rings is 1. The molecule has 2 aromatic rings. The van der Waals surface area contributed by atoms with E-state index < -0.39 is 0 Å². The summed E-state index contributed by atoms with van der Waals surface area (Å²) in [4.78, 5) is 15.1. The molecule has 1 heterocycles. The molecule has 128 valence electrons. The summed E-state index contributed by atoms with van der Waals surface area (Å²) >= 11 is 0. The second kappa shape index (κ2) is 7.26. The summed E-state index contributed by atoms with van der Waals surface area (Å²) in [6.45, 7) is 0. The first-order valence-electron chi connectivity index (χ1n) is 9.45. The Bertz CT molecular complexity index is 731. The summed E-state index contributed by atoms with van der Waals surface area (Å²) in [6, 6.07) is 21.2. The number of nitrogens with zero attached hydrogens (tertiary/aromatic N) is 1. The quantitative estimate of drug-likeness (QED) is 0.720. The zero-order valence-corrected chi connectivity index (χ0v) is 14.6. The molecule has 2 aliphatic rings. The average molecular weight is 331 g/mol. The molecule has 2 atom stereocenters. The highest BCUT2D eigenvalue weighted by molar-refractivity contribution is 5.92. The molecule has 4 rings (SSSR count). The van der Waals surface area contributed by atoms with Crippen LogP contribution in [0.1, 0.15) is 49.1 Å². The number of carbonyl (C=O) groups is 1. The van der Waals surface area contributed by atoms with Crippen molar-refractivity contribution < 1.29 is 4.79 Å². The van der Waals surface area contributed by atoms with Gasteiger partial charge in [0, 0.05) is 6.04 Å². The lowest BCUT2D eigenvalue weighted by atomic mass is 9.78. The van der Waals surface area contributed by atoms with Crippen LogP contribution >= 0.6 is 0 Å². The maximum atomic E-state index is 13.0. The van der Waals surface area contributed by atoms with E-state index in [9.17, 15) is 4.79 Å². The van der Waals surface area contributed by atoms with Gasteiger partial charge in [0.1, 0.15) is 0 Å². The van der Waals surface area contributed by atoms with Crippen molar-refractivity contribution in [2.75, 3.05) is 0 Å². The summed E-state index contributed by atoms with van der Waals surface area (Å²) in [5.74, 6) is 0.281. The molecule has 1 saturated carbocycles. The average Bonchev–Trinajstić information content (AvgIpc) is 2.67. The third-order valence-corrected chi connectivity index (χ3v) is 5.60. The molecule has 2 nitrogen and oxygen atoms in total. The monoisotopic (exact) mass is 331 g/mol. The van der Waals surface area contributed by atoms with Crippen LogP contribution in [0.25, 0.3) is 6.08 Å². The number of benzene rings is 2. The smallest absolute Gasteiger partial charge is 0.233 e. The molecule has 2 aromatic carbocycles. The maximum Gasteiger partial charge on any atom is 0.233 e. The van der Waals surface area contributed by atoms with E-state index in [0.717, 1.165) is 18.4 Å². The largest absolute Gasteiger partial charge is 0.332 e. The summed E-state index contributed by atoms with van der Waals surface area (Å²) in [5, 5.41) is 0. The van der Waals surface area contributed by atoms with Crippen molar-refractivity contribution in [3.05, 3.63) is 77.9 Å². The van der Waals surface area contributed by atoms with Crippen LogP contribution in [0.3, 0.4) is 0 Å². The Hall–Kier alpha value is -2.35. The second-order valence-corrected chi connectivity index (χ2v) is 7.19. The van der Waals surface area contributed by atoms with Crippen molar-refractivity contribution in [3.8, 4) is 0 Å². The first-order valence-corrected chi connectivity index (χ1v) is 9.45. The fraction of sp³-hybridized carbons (Fsp3) is 0.348. The highest BCUT2D eigenvalue weighted by Gasteiger charge is 2.49. The van der Waals surface area contributed by atoms with Crippen molar-refractivity contribution in [1.82, 2.24) is 4.90 Å². The van der Waals surface area contributed by atoms with Crippen LogP contribution < -0.4 is 0 Å². The van der Waals surface area contributed by atoms with Gasteiger partial charge in [-0.15, -0.1) is 0 Å². The highest BCUT2D eigenvalue weighted by Crippen LogP contribution is 2.41. The molecule has 2 fully saturated rings. The lowest BCUT2D eigenvalue weighted by Gasteiger charge is -2.51. The zero-order valence-electron chi connectivity index (χ0n) is 14.6. The lowest BCUT2D eigenvalue weighted by Crippen LogP contribution is -2.62. The van der Waals surface area contributed by atoms with Crippen molar-refractivity contribution in [2.24, 2.45) is 0 Å². The molecule has 1 amide bonds. The predicted octanol–water partition coefficient (Wildman–Crippen LogP) is 5.03. The van der Waals surface area contributed by atoms with Crippen molar-refractivity contribution >= 4 is 12.0 Å². The summed E-state index contributed by atoms with van der Waals surface area (Å²) < 4.78 is 0. The van der Waals surface area contributed by atoms with Gasteiger partial charge in [-0.05, 0) is 24.0 Å². The molecular formula is C23H25NO. The Morgan fingerprint density at radius 2 is 1.48 bits per heavy atom. The van der Waals surface area contributed by atoms with Crippen LogP contribution in [0.2, 0.25) is 0 Å². The number of amides is 1. The fourth-order valence-corrected chi connectivity index (χ4v) is 4.29. The first kappa shape index (κ1) is 16.1. The molecule has 2 unspecified atom stereocenters. The Labute approximate surface area is 150 Å². The molecular weight excluding hydrogens is 306 g/mol. The van der Waals surface area contributed by atoms with Crippen LogP contribution in [-0.4, -0.2) is 22.9 Å². The number of hydrogen-bond acceptors (Lipinski definition) is 1. The fourth-order valence-electron chi connectivity index (χ4n) is 4.29. The van der Waals surface area contributed by atoms with Crippen LogP contribution in [0.15, 0.2) is 66.7 Å². The molecule has 0 radical (unpaired) electrons. The van der Waals surface area contributed by atoms with Gasteiger partial charge in [0.2, 0.25) is 5.91 Å². The van der Waals surface area contributed by atoms with Crippen molar-refractivity contribution in [1.29, 1.82) is 0 Å². The molecule has 2 heteroatoms. The van der Waals surface area contributed by atoms with Crippen molar-refractivity contribution in [3.63, 3.8) is 0 Å². The van der Waals surface area contributed by atoms with E-state index >= 15 is 0 Å². The Balaban J connectivity index is 1.60. The molecule has 0 aromatic heterocycles. The number of hydrogen-bond donors (Lipinski definition) is 0.